The summed E-state index contributed by atoms with van der Waals surface area (Å²) in [5.74, 6) is 0. The number of aromatic nitrogens is 1. The molecule has 0 saturated carbocycles. The summed E-state index contributed by atoms with van der Waals surface area (Å²) < 4.78 is 0. The maximum absolute atomic E-state index is 6.15. The summed E-state index contributed by atoms with van der Waals surface area (Å²) in [6.45, 7) is 4.10. The standard InChI is InChI=1S/C14H17ClN2/c1-2-3-8-16-10-11-6-7-13(15)12-5-4-9-17-14(11)12/h4-7,9,16H,2-3,8,10H2,1H3. The number of halogens is 1. The second-order valence-corrected chi connectivity index (χ2v) is 4.54. The van der Waals surface area contributed by atoms with Crippen molar-refractivity contribution in [1.82, 2.24) is 10.3 Å². The third-order valence-corrected chi connectivity index (χ3v) is 3.15. The molecular weight excluding hydrogens is 232 g/mol. The zero-order valence-electron chi connectivity index (χ0n) is 10.0. The van der Waals surface area contributed by atoms with Crippen molar-refractivity contribution in [2.24, 2.45) is 0 Å². The van der Waals surface area contributed by atoms with Crippen molar-refractivity contribution in [2.45, 2.75) is 26.3 Å². The predicted octanol–water partition coefficient (Wildman–Crippen LogP) is 3.78. The van der Waals surface area contributed by atoms with Gasteiger partial charge in [-0.1, -0.05) is 31.0 Å². The van der Waals surface area contributed by atoms with Gasteiger partial charge in [0.2, 0.25) is 0 Å². The van der Waals surface area contributed by atoms with Crippen LogP contribution in [0.5, 0.6) is 0 Å². The molecule has 1 N–H and O–H groups in total. The normalized spacial score (nSPS) is 10.9. The Balaban J connectivity index is 2.20. The summed E-state index contributed by atoms with van der Waals surface area (Å²) in [7, 11) is 0. The Morgan fingerprint density at radius 2 is 2.18 bits per heavy atom. The molecule has 17 heavy (non-hydrogen) atoms. The lowest BCUT2D eigenvalue weighted by Gasteiger charge is -2.08. The fourth-order valence-electron chi connectivity index (χ4n) is 1.86. The number of unbranched alkanes of at least 4 members (excludes halogenated alkanes) is 1. The highest BCUT2D eigenvalue weighted by atomic mass is 35.5. The Morgan fingerprint density at radius 1 is 1.29 bits per heavy atom. The van der Waals surface area contributed by atoms with Gasteiger partial charge in [-0.05, 0) is 36.7 Å². The van der Waals surface area contributed by atoms with E-state index in [1.165, 1.54) is 18.4 Å². The number of fused-ring (bicyclic) bond motifs is 1. The van der Waals surface area contributed by atoms with E-state index in [-0.39, 0.29) is 0 Å². The van der Waals surface area contributed by atoms with Crippen LogP contribution in [-0.4, -0.2) is 11.5 Å². The molecule has 0 bridgehead atoms. The second-order valence-electron chi connectivity index (χ2n) is 4.14. The van der Waals surface area contributed by atoms with Crippen molar-refractivity contribution in [3.8, 4) is 0 Å². The third kappa shape index (κ3) is 2.96. The largest absolute Gasteiger partial charge is 0.313 e. The number of rotatable bonds is 5. The van der Waals surface area contributed by atoms with Crippen LogP contribution in [0.25, 0.3) is 10.9 Å². The van der Waals surface area contributed by atoms with Gasteiger partial charge in [-0.15, -0.1) is 0 Å². The van der Waals surface area contributed by atoms with E-state index < -0.39 is 0 Å². The van der Waals surface area contributed by atoms with Gasteiger partial charge in [0.15, 0.2) is 0 Å². The average molecular weight is 249 g/mol. The molecule has 1 aromatic heterocycles. The molecule has 0 amide bonds. The van der Waals surface area contributed by atoms with E-state index in [4.69, 9.17) is 11.6 Å². The van der Waals surface area contributed by atoms with Crippen LogP contribution in [-0.2, 0) is 6.54 Å². The molecule has 90 valence electrons. The summed E-state index contributed by atoms with van der Waals surface area (Å²) in [5.41, 5.74) is 2.21. The van der Waals surface area contributed by atoms with Crippen molar-refractivity contribution in [3.05, 3.63) is 41.0 Å². The molecule has 0 aliphatic carbocycles. The SMILES string of the molecule is CCCCNCc1ccc(Cl)c2cccnc12. The Morgan fingerprint density at radius 3 is 3.00 bits per heavy atom. The molecule has 0 spiro atoms. The summed E-state index contributed by atoms with van der Waals surface area (Å²) in [6, 6.07) is 7.93. The third-order valence-electron chi connectivity index (χ3n) is 2.82. The van der Waals surface area contributed by atoms with Crippen molar-refractivity contribution >= 4 is 22.5 Å². The first kappa shape index (κ1) is 12.3. The summed E-state index contributed by atoms with van der Waals surface area (Å²) in [5, 5.41) is 5.23. The van der Waals surface area contributed by atoms with Gasteiger partial charge >= 0.3 is 0 Å². The molecule has 0 fully saturated rings. The van der Waals surface area contributed by atoms with E-state index in [1.807, 2.05) is 24.4 Å². The molecule has 0 saturated heterocycles. The molecular formula is C14H17ClN2. The van der Waals surface area contributed by atoms with E-state index in [0.717, 1.165) is 29.0 Å². The lowest BCUT2D eigenvalue weighted by Crippen LogP contribution is -2.14. The molecule has 1 aromatic carbocycles. The van der Waals surface area contributed by atoms with Gasteiger partial charge in [0.05, 0.1) is 5.52 Å². The van der Waals surface area contributed by atoms with E-state index in [2.05, 4.69) is 23.3 Å². The van der Waals surface area contributed by atoms with Gasteiger partial charge in [0, 0.05) is 23.2 Å². The first-order valence-corrected chi connectivity index (χ1v) is 6.43. The molecule has 0 aliphatic rings. The van der Waals surface area contributed by atoms with Gasteiger partial charge in [-0.2, -0.15) is 0 Å². The van der Waals surface area contributed by atoms with E-state index in [1.54, 1.807) is 0 Å². The zero-order valence-corrected chi connectivity index (χ0v) is 10.8. The van der Waals surface area contributed by atoms with Crippen LogP contribution < -0.4 is 5.32 Å². The summed E-state index contributed by atoms with van der Waals surface area (Å²) >= 11 is 6.15. The Kier molecular flexibility index (Phi) is 4.35. The number of hydrogen-bond acceptors (Lipinski definition) is 2. The highest BCUT2D eigenvalue weighted by Crippen LogP contribution is 2.24. The van der Waals surface area contributed by atoms with Crippen LogP contribution in [0.15, 0.2) is 30.5 Å². The molecule has 2 rings (SSSR count). The molecule has 0 unspecified atom stereocenters. The quantitative estimate of drug-likeness (QED) is 0.815. The maximum atomic E-state index is 6.15. The maximum Gasteiger partial charge on any atom is 0.0761 e. The molecule has 3 heteroatoms. The van der Waals surface area contributed by atoms with Gasteiger partial charge in [-0.3, -0.25) is 4.98 Å². The van der Waals surface area contributed by atoms with Crippen LogP contribution in [0.3, 0.4) is 0 Å². The van der Waals surface area contributed by atoms with Crippen LogP contribution in [0.4, 0.5) is 0 Å². The van der Waals surface area contributed by atoms with Crippen molar-refractivity contribution < 1.29 is 0 Å². The molecule has 0 atom stereocenters. The molecule has 0 radical (unpaired) electrons. The highest BCUT2D eigenvalue weighted by molar-refractivity contribution is 6.35. The van der Waals surface area contributed by atoms with Gasteiger partial charge < -0.3 is 5.32 Å². The van der Waals surface area contributed by atoms with Gasteiger partial charge in [0.1, 0.15) is 0 Å². The topological polar surface area (TPSA) is 24.9 Å². The summed E-state index contributed by atoms with van der Waals surface area (Å²) in [4.78, 5) is 4.42. The van der Waals surface area contributed by atoms with Crippen LogP contribution in [0.2, 0.25) is 5.02 Å². The number of nitrogens with one attached hydrogen (secondary N) is 1. The van der Waals surface area contributed by atoms with Crippen LogP contribution >= 0.6 is 11.6 Å². The fraction of sp³-hybridized carbons (Fsp3) is 0.357. The Labute approximate surface area is 107 Å². The fourth-order valence-corrected chi connectivity index (χ4v) is 2.08. The second kappa shape index (κ2) is 5.99. The van der Waals surface area contributed by atoms with Crippen LogP contribution in [0.1, 0.15) is 25.3 Å². The highest BCUT2D eigenvalue weighted by Gasteiger charge is 2.04. The van der Waals surface area contributed by atoms with Crippen molar-refractivity contribution in [1.29, 1.82) is 0 Å². The Bertz CT molecular complexity index is 497. The predicted molar refractivity (Wildman–Crippen MR) is 73.4 cm³/mol. The number of hydrogen-bond donors (Lipinski definition) is 1. The van der Waals surface area contributed by atoms with Gasteiger partial charge in [0.25, 0.3) is 0 Å². The lowest BCUT2D eigenvalue weighted by molar-refractivity contribution is 0.643. The molecule has 2 nitrogen and oxygen atoms in total. The van der Waals surface area contributed by atoms with Crippen molar-refractivity contribution in [2.75, 3.05) is 6.54 Å². The average Bonchev–Trinajstić information content (AvgIpc) is 2.37. The van der Waals surface area contributed by atoms with Crippen LogP contribution in [0, 0.1) is 0 Å². The molecule has 1 heterocycles. The minimum absolute atomic E-state index is 0.769. The first-order valence-electron chi connectivity index (χ1n) is 6.05. The number of pyridine rings is 1. The first-order chi connectivity index (χ1) is 8.33. The van der Waals surface area contributed by atoms with E-state index in [9.17, 15) is 0 Å². The smallest absolute Gasteiger partial charge is 0.0761 e. The minimum Gasteiger partial charge on any atom is -0.313 e. The van der Waals surface area contributed by atoms with E-state index in [0.29, 0.717) is 0 Å². The zero-order chi connectivity index (χ0) is 12.1. The molecule has 0 aliphatic heterocycles. The summed E-state index contributed by atoms with van der Waals surface area (Å²) in [6.07, 6.45) is 4.24. The minimum atomic E-state index is 0.769. The Hall–Kier alpha value is -1.12. The lowest BCUT2D eigenvalue weighted by atomic mass is 10.1. The van der Waals surface area contributed by atoms with Crippen molar-refractivity contribution in [3.63, 3.8) is 0 Å². The van der Waals surface area contributed by atoms with E-state index >= 15 is 0 Å². The van der Waals surface area contributed by atoms with Gasteiger partial charge in [-0.25, -0.2) is 0 Å². The number of benzene rings is 1. The molecule has 2 aromatic rings. The monoisotopic (exact) mass is 248 g/mol. The number of nitrogens with zero attached hydrogens (tertiary/aromatic N) is 1.